The smallest absolute Gasteiger partial charge is 0.316 e. The van der Waals surface area contributed by atoms with Crippen molar-refractivity contribution in [3.8, 4) is 0 Å². The molecule has 1 amide bonds. The lowest BCUT2D eigenvalue weighted by Crippen LogP contribution is -2.36. The van der Waals surface area contributed by atoms with Crippen molar-refractivity contribution in [2.45, 2.75) is 46.4 Å². The highest BCUT2D eigenvalue weighted by molar-refractivity contribution is 5.97. The van der Waals surface area contributed by atoms with Gasteiger partial charge in [-0.3, -0.25) is 19.3 Å². The Labute approximate surface area is 175 Å². The number of hydrogen-bond acceptors (Lipinski definition) is 4. The Hall–Kier alpha value is -3.19. The first-order valence-corrected chi connectivity index (χ1v) is 10.1. The number of aryl methyl sites for hydroxylation is 1. The number of H-pyrrole nitrogens is 1. The van der Waals surface area contributed by atoms with Gasteiger partial charge in [-0.25, -0.2) is 0 Å². The number of benzene rings is 2. The highest BCUT2D eigenvalue weighted by Crippen LogP contribution is 2.14. The van der Waals surface area contributed by atoms with E-state index in [-0.39, 0.29) is 5.91 Å². The molecular weight excluding hydrogens is 380 g/mol. The van der Waals surface area contributed by atoms with Crippen molar-refractivity contribution < 1.29 is 4.79 Å². The van der Waals surface area contributed by atoms with E-state index in [0.717, 1.165) is 12.1 Å². The summed E-state index contributed by atoms with van der Waals surface area (Å²) in [5.74, 6) is -0.237. The molecule has 0 fully saturated rings. The second kappa shape index (κ2) is 9.09. The molecule has 0 aliphatic rings. The SMILES string of the molecule is CCn1c(=O)c(=O)[nH]c2cc(C(=O)NCc3ccccc3CN(C)C(C)C)ccc21. The van der Waals surface area contributed by atoms with Crippen molar-refractivity contribution >= 4 is 16.9 Å². The van der Waals surface area contributed by atoms with Crippen LogP contribution in [0.15, 0.2) is 52.1 Å². The number of nitrogens with zero attached hydrogens (tertiary/aromatic N) is 2. The highest BCUT2D eigenvalue weighted by Gasteiger charge is 2.12. The maximum absolute atomic E-state index is 12.7. The van der Waals surface area contributed by atoms with E-state index < -0.39 is 11.1 Å². The zero-order valence-corrected chi connectivity index (χ0v) is 17.9. The van der Waals surface area contributed by atoms with Crippen molar-refractivity contribution in [1.82, 2.24) is 19.8 Å². The van der Waals surface area contributed by atoms with Crippen LogP contribution < -0.4 is 16.4 Å². The summed E-state index contributed by atoms with van der Waals surface area (Å²) in [7, 11) is 2.08. The van der Waals surface area contributed by atoms with Gasteiger partial charge >= 0.3 is 11.1 Å². The standard InChI is InChI=1S/C23H28N4O3/c1-5-27-20-11-10-16(12-19(20)25-22(29)23(27)30)21(28)24-13-17-8-6-7-9-18(17)14-26(4)15(2)3/h6-12,15H,5,13-14H2,1-4H3,(H,24,28)(H,25,29). The van der Waals surface area contributed by atoms with Crippen molar-refractivity contribution in [3.63, 3.8) is 0 Å². The molecule has 3 rings (SSSR count). The van der Waals surface area contributed by atoms with Crippen molar-refractivity contribution in [2.75, 3.05) is 7.05 Å². The van der Waals surface area contributed by atoms with Gasteiger partial charge in [0.25, 0.3) is 5.91 Å². The number of carbonyl (C=O) groups excluding carboxylic acids is 1. The summed E-state index contributed by atoms with van der Waals surface area (Å²) in [6.07, 6.45) is 0. The quantitative estimate of drug-likeness (QED) is 0.588. The minimum absolute atomic E-state index is 0.237. The topological polar surface area (TPSA) is 87.2 Å². The Morgan fingerprint density at radius 3 is 2.50 bits per heavy atom. The molecular formula is C23H28N4O3. The predicted octanol–water partition coefficient (Wildman–Crippen LogP) is 2.48. The van der Waals surface area contributed by atoms with Gasteiger partial charge in [0.2, 0.25) is 0 Å². The van der Waals surface area contributed by atoms with E-state index in [0.29, 0.717) is 35.7 Å². The molecule has 0 saturated heterocycles. The molecule has 0 aliphatic carbocycles. The van der Waals surface area contributed by atoms with Gasteiger partial charge < -0.3 is 14.9 Å². The van der Waals surface area contributed by atoms with Gasteiger partial charge in [0.1, 0.15) is 0 Å². The van der Waals surface area contributed by atoms with Gasteiger partial charge in [0, 0.05) is 31.2 Å². The summed E-state index contributed by atoms with van der Waals surface area (Å²) in [5, 5.41) is 2.96. The molecule has 0 spiro atoms. The van der Waals surface area contributed by atoms with Crippen LogP contribution in [-0.4, -0.2) is 33.4 Å². The molecule has 30 heavy (non-hydrogen) atoms. The number of amides is 1. The molecule has 7 heteroatoms. The monoisotopic (exact) mass is 408 g/mol. The summed E-state index contributed by atoms with van der Waals surface area (Å²) in [5.41, 5.74) is 2.44. The van der Waals surface area contributed by atoms with E-state index in [2.05, 4.69) is 42.2 Å². The van der Waals surface area contributed by atoms with Crippen LogP contribution in [0, 0.1) is 0 Å². The molecule has 2 N–H and O–H groups in total. The molecule has 2 aromatic carbocycles. The van der Waals surface area contributed by atoms with Crippen LogP contribution in [0.3, 0.4) is 0 Å². The fourth-order valence-corrected chi connectivity index (χ4v) is 3.35. The molecule has 7 nitrogen and oxygen atoms in total. The summed E-state index contributed by atoms with van der Waals surface area (Å²) >= 11 is 0. The van der Waals surface area contributed by atoms with Gasteiger partial charge in [-0.2, -0.15) is 0 Å². The van der Waals surface area contributed by atoms with Gasteiger partial charge in [-0.1, -0.05) is 24.3 Å². The normalized spacial score (nSPS) is 11.4. The van der Waals surface area contributed by atoms with Gasteiger partial charge in [-0.05, 0) is 57.1 Å². The lowest BCUT2D eigenvalue weighted by Gasteiger charge is -2.22. The Bertz CT molecular complexity index is 1180. The molecule has 3 aromatic rings. The Kier molecular flexibility index (Phi) is 6.52. The number of rotatable bonds is 7. The average Bonchev–Trinajstić information content (AvgIpc) is 2.73. The van der Waals surface area contributed by atoms with Crippen LogP contribution in [0.4, 0.5) is 0 Å². The number of fused-ring (bicyclic) bond motifs is 1. The van der Waals surface area contributed by atoms with E-state index in [1.165, 1.54) is 10.1 Å². The Morgan fingerprint density at radius 2 is 1.83 bits per heavy atom. The third kappa shape index (κ3) is 4.52. The summed E-state index contributed by atoms with van der Waals surface area (Å²) < 4.78 is 1.40. The van der Waals surface area contributed by atoms with Gasteiger partial charge in [-0.15, -0.1) is 0 Å². The second-order valence-corrected chi connectivity index (χ2v) is 7.70. The van der Waals surface area contributed by atoms with Crippen LogP contribution in [0.2, 0.25) is 0 Å². The largest absolute Gasteiger partial charge is 0.348 e. The van der Waals surface area contributed by atoms with Crippen LogP contribution in [0.25, 0.3) is 11.0 Å². The predicted molar refractivity (Wildman–Crippen MR) is 119 cm³/mol. The molecule has 0 radical (unpaired) electrons. The van der Waals surface area contributed by atoms with Crippen molar-refractivity contribution in [1.29, 1.82) is 0 Å². The number of aromatic nitrogens is 2. The van der Waals surface area contributed by atoms with E-state index in [1.807, 2.05) is 18.2 Å². The van der Waals surface area contributed by atoms with E-state index >= 15 is 0 Å². The zero-order valence-electron chi connectivity index (χ0n) is 17.9. The number of carbonyl (C=O) groups is 1. The third-order valence-electron chi connectivity index (χ3n) is 5.41. The summed E-state index contributed by atoms with van der Waals surface area (Å²) in [6.45, 7) is 7.68. The number of nitrogens with one attached hydrogen (secondary N) is 2. The maximum Gasteiger partial charge on any atom is 0.316 e. The minimum Gasteiger partial charge on any atom is -0.348 e. The molecule has 1 aromatic heterocycles. The average molecular weight is 409 g/mol. The Balaban J connectivity index is 1.81. The molecule has 0 bridgehead atoms. The first-order chi connectivity index (χ1) is 14.3. The summed E-state index contributed by atoms with van der Waals surface area (Å²) in [6, 6.07) is 13.4. The summed E-state index contributed by atoms with van der Waals surface area (Å²) in [4.78, 5) is 41.4. The van der Waals surface area contributed by atoms with Crippen LogP contribution in [0.1, 0.15) is 42.3 Å². The maximum atomic E-state index is 12.7. The molecule has 0 saturated carbocycles. The fourth-order valence-electron chi connectivity index (χ4n) is 3.35. The molecule has 0 aliphatic heterocycles. The molecule has 1 heterocycles. The lowest BCUT2D eigenvalue weighted by molar-refractivity contribution is 0.0951. The fraction of sp³-hybridized carbons (Fsp3) is 0.348. The molecule has 158 valence electrons. The van der Waals surface area contributed by atoms with Crippen LogP contribution in [0.5, 0.6) is 0 Å². The van der Waals surface area contributed by atoms with Crippen LogP contribution in [-0.2, 0) is 19.6 Å². The van der Waals surface area contributed by atoms with E-state index in [4.69, 9.17) is 0 Å². The van der Waals surface area contributed by atoms with Crippen LogP contribution >= 0.6 is 0 Å². The van der Waals surface area contributed by atoms with Gasteiger partial charge in [0.15, 0.2) is 0 Å². The van der Waals surface area contributed by atoms with Gasteiger partial charge in [0.05, 0.1) is 11.0 Å². The first kappa shape index (κ1) is 21.5. The number of aromatic amines is 1. The molecule has 0 atom stereocenters. The Morgan fingerprint density at radius 1 is 1.13 bits per heavy atom. The first-order valence-electron chi connectivity index (χ1n) is 10.1. The van der Waals surface area contributed by atoms with E-state index in [9.17, 15) is 14.4 Å². The van der Waals surface area contributed by atoms with Crippen molar-refractivity contribution in [2.24, 2.45) is 0 Å². The highest BCUT2D eigenvalue weighted by atomic mass is 16.2. The lowest BCUT2D eigenvalue weighted by atomic mass is 10.1. The molecule has 0 unspecified atom stereocenters. The third-order valence-corrected chi connectivity index (χ3v) is 5.41. The van der Waals surface area contributed by atoms with E-state index in [1.54, 1.807) is 25.1 Å². The minimum atomic E-state index is -0.690. The van der Waals surface area contributed by atoms with Crippen molar-refractivity contribution in [3.05, 3.63) is 79.9 Å². The second-order valence-electron chi connectivity index (χ2n) is 7.70. The zero-order chi connectivity index (χ0) is 21.8. The number of hydrogen-bond donors (Lipinski definition) is 2.